The van der Waals surface area contributed by atoms with Crippen molar-refractivity contribution in [2.75, 3.05) is 0 Å². The largest absolute Gasteiger partial charge is 0.455 e. The fourth-order valence-corrected chi connectivity index (χ4v) is 11.5. The van der Waals surface area contributed by atoms with Gasteiger partial charge in [-0.25, -0.2) is 9.98 Å². The number of benzene rings is 10. The van der Waals surface area contributed by atoms with Crippen LogP contribution in [0.1, 0.15) is 60.4 Å². The van der Waals surface area contributed by atoms with Crippen LogP contribution in [0.3, 0.4) is 0 Å². The van der Waals surface area contributed by atoms with E-state index in [0.717, 1.165) is 73.7 Å². The van der Waals surface area contributed by atoms with Crippen LogP contribution >= 0.6 is 0 Å². The van der Waals surface area contributed by atoms with Crippen LogP contribution in [-0.4, -0.2) is 27.5 Å². The fourth-order valence-electron chi connectivity index (χ4n) is 11.5. The molecule has 1 atom stereocenters. The van der Waals surface area contributed by atoms with Crippen molar-refractivity contribution in [1.29, 1.82) is 5.41 Å². The maximum absolute atomic E-state index is 9.13. The average molecular weight is 984 g/mol. The minimum Gasteiger partial charge on any atom is -0.455 e. The molecule has 1 N–H and O–H groups in total. The fraction of sp³-hybridized carbons (Fsp3) is 0.100. The van der Waals surface area contributed by atoms with Crippen molar-refractivity contribution >= 4 is 83.9 Å². The summed E-state index contributed by atoms with van der Waals surface area (Å²) >= 11 is 0. The predicted octanol–water partition coefficient (Wildman–Crippen LogP) is 18.8. The molecular formula is C70H57N5O. The van der Waals surface area contributed by atoms with Gasteiger partial charge in [0.05, 0.1) is 22.1 Å². The maximum Gasteiger partial charge on any atom is 0.161 e. The highest BCUT2D eigenvalue weighted by Gasteiger charge is 2.22. The number of aryl methyl sites for hydroxylation is 2. The number of para-hydroxylation sites is 4. The lowest BCUT2D eigenvalue weighted by Gasteiger charge is -2.20. The van der Waals surface area contributed by atoms with Crippen molar-refractivity contribution in [1.82, 2.24) is 9.13 Å². The van der Waals surface area contributed by atoms with E-state index in [4.69, 9.17) is 14.8 Å². The molecule has 368 valence electrons. The van der Waals surface area contributed by atoms with E-state index in [1.807, 2.05) is 48.5 Å². The second kappa shape index (κ2) is 20.1. The van der Waals surface area contributed by atoms with E-state index in [1.54, 1.807) is 0 Å². The smallest absolute Gasteiger partial charge is 0.161 e. The van der Waals surface area contributed by atoms with Crippen LogP contribution < -0.4 is 0 Å². The number of nitrogens with one attached hydrogen (secondary N) is 1. The molecule has 0 aliphatic carbocycles. The number of hydrogen-bond donors (Lipinski definition) is 1. The van der Waals surface area contributed by atoms with Crippen molar-refractivity contribution in [3.63, 3.8) is 0 Å². The van der Waals surface area contributed by atoms with Gasteiger partial charge in [0.1, 0.15) is 11.2 Å². The van der Waals surface area contributed by atoms with Gasteiger partial charge in [0.15, 0.2) is 11.7 Å². The zero-order valence-electron chi connectivity index (χ0n) is 43.3. The van der Waals surface area contributed by atoms with E-state index in [-0.39, 0.29) is 5.84 Å². The quantitative estimate of drug-likeness (QED) is 0.114. The third kappa shape index (κ3) is 8.38. The Labute approximate surface area is 443 Å². The molecule has 76 heavy (non-hydrogen) atoms. The average Bonchev–Trinajstić information content (AvgIpc) is 4.32. The maximum atomic E-state index is 9.13. The zero-order chi connectivity index (χ0) is 51.9. The Hall–Kier alpha value is -9.39. The lowest BCUT2D eigenvalue weighted by molar-refractivity contribution is 0.666. The molecule has 0 radical (unpaired) electrons. The minimum absolute atomic E-state index is 0.148. The number of aromatic nitrogens is 2. The summed E-state index contributed by atoms with van der Waals surface area (Å²) < 4.78 is 11.3. The van der Waals surface area contributed by atoms with Gasteiger partial charge in [0.2, 0.25) is 0 Å². The van der Waals surface area contributed by atoms with E-state index in [0.29, 0.717) is 11.8 Å². The topological polar surface area (TPSA) is 71.6 Å². The van der Waals surface area contributed by atoms with Crippen molar-refractivity contribution < 1.29 is 4.42 Å². The number of aliphatic imine (C=N–C) groups is 2. The summed E-state index contributed by atoms with van der Waals surface area (Å²) in [5.41, 5.74) is 18.5. The van der Waals surface area contributed by atoms with Gasteiger partial charge in [0.25, 0.3) is 0 Å². The van der Waals surface area contributed by atoms with Gasteiger partial charge in [-0.2, -0.15) is 0 Å². The molecule has 0 bridgehead atoms. The third-order valence-corrected chi connectivity index (χ3v) is 15.0. The number of rotatable bonds is 9. The Morgan fingerprint density at radius 2 is 1.13 bits per heavy atom. The predicted molar refractivity (Wildman–Crippen MR) is 322 cm³/mol. The number of amidine groups is 2. The van der Waals surface area contributed by atoms with E-state index in [9.17, 15) is 0 Å². The monoisotopic (exact) mass is 983 g/mol. The third-order valence-electron chi connectivity index (χ3n) is 15.0. The molecule has 3 aromatic heterocycles. The number of furan rings is 1. The Bertz CT molecular complexity index is 4380. The molecule has 0 aliphatic heterocycles. The van der Waals surface area contributed by atoms with Crippen molar-refractivity contribution in [3.8, 4) is 33.6 Å². The highest BCUT2D eigenvalue weighted by Crippen LogP contribution is 2.42. The summed E-state index contributed by atoms with van der Waals surface area (Å²) in [5, 5.41) is 16.3. The first kappa shape index (κ1) is 47.6. The van der Waals surface area contributed by atoms with Crippen molar-refractivity contribution in [2.24, 2.45) is 9.98 Å². The molecule has 10 aromatic carbocycles. The van der Waals surface area contributed by atoms with Crippen LogP contribution in [0.2, 0.25) is 0 Å². The summed E-state index contributed by atoms with van der Waals surface area (Å²) in [6.07, 6.45) is 2.23. The molecule has 6 heteroatoms. The van der Waals surface area contributed by atoms with E-state index in [1.165, 1.54) is 66.1 Å². The summed E-state index contributed by atoms with van der Waals surface area (Å²) in [7, 11) is 0. The van der Waals surface area contributed by atoms with Gasteiger partial charge >= 0.3 is 0 Å². The van der Waals surface area contributed by atoms with Crippen molar-refractivity contribution in [3.05, 3.63) is 252 Å². The molecule has 6 nitrogen and oxygen atoms in total. The standard InChI is InChI=1S/C39H35N3O.C31H22N2/c1-5-13-25(2)29-17-9-10-18-32(29)36-26(3)14-11-21-34(36)38(40)42-39(41-4)28-22-23-31-33-20-12-19-30(27-15-7-6-8-16-27)37(33)43-35(31)24-28;1-21-10-9-13-23(20-21)33-29-17-8-6-15-25(29)27-19-18-26-24-14-5-7-16-28(24)32(30(26)31(27)33)22-11-3-2-4-12-22/h6-12,14-25,40H,4-5,13H2,1-3H3;2-20H,1H3. The first-order valence-electron chi connectivity index (χ1n) is 26.2. The van der Waals surface area contributed by atoms with Crippen LogP contribution in [0.25, 0.3) is 99.2 Å². The van der Waals surface area contributed by atoms with Gasteiger partial charge in [0, 0.05) is 60.4 Å². The Kier molecular flexibility index (Phi) is 12.6. The van der Waals surface area contributed by atoms with Gasteiger partial charge in [-0.05, 0) is 115 Å². The second-order valence-electron chi connectivity index (χ2n) is 19.8. The Balaban J connectivity index is 0.000000158. The van der Waals surface area contributed by atoms with Crippen LogP contribution in [0.5, 0.6) is 0 Å². The van der Waals surface area contributed by atoms with Gasteiger partial charge in [-0.3, -0.25) is 5.41 Å². The van der Waals surface area contributed by atoms with Crippen LogP contribution in [0.4, 0.5) is 0 Å². The van der Waals surface area contributed by atoms with Crippen molar-refractivity contribution in [2.45, 2.75) is 46.5 Å². The molecular weight excluding hydrogens is 927 g/mol. The first-order chi connectivity index (χ1) is 37.3. The molecule has 13 rings (SSSR count). The van der Waals surface area contributed by atoms with Gasteiger partial charge in [-0.15, -0.1) is 0 Å². The van der Waals surface area contributed by atoms with E-state index in [2.05, 4.69) is 224 Å². The SMILES string of the molecule is C=NC(=NC(=N)c1cccc(C)c1-c1ccccc1C(C)CCC)c1ccc2c(c1)oc1c(-c3ccccc3)cccc12.Cc1cccc(-n2c3ccccc3c3ccc4c5ccccc5n(-c5ccccc5)c4c32)c1. The van der Waals surface area contributed by atoms with Gasteiger partial charge in [-0.1, -0.05) is 196 Å². The Morgan fingerprint density at radius 1 is 0.553 bits per heavy atom. The Morgan fingerprint density at radius 3 is 1.83 bits per heavy atom. The lowest BCUT2D eigenvalue weighted by Crippen LogP contribution is -2.07. The lowest BCUT2D eigenvalue weighted by atomic mass is 9.85. The molecule has 0 saturated carbocycles. The molecule has 0 spiro atoms. The van der Waals surface area contributed by atoms with Gasteiger partial charge < -0.3 is 13.6 Å². The van der Waals surface area contributed by atoms with Crippen LogP contribution in [0, 0.1) is 19.3 Å². The molecule has 13 aromatic rings. The van der Waals surface area contributed by atoms with E-state index < -0.39 is 0 Å². The highest BCUT2D eigenvalue weighted by molar-refractivity contribution is 6.24. The first-order valence-corrected chi connectivity index (χ1v) is 26.2. The van der Waals surface area contributed by atoms with E-state index >= 15 is 0 Å². The minimum atomic E-state index is 0.148. The normalized spacial score (nSPS) is 12.2. The molecule has 3 heterocycles. The highest BCUT2D eigenvalue weighted by atomic mass is 16.3. The molecule has 0 saturated heterocycles. The second-order valence-corrected chi connectivity index (χ2v) is 19.8. The number of nitrogens with zero attached hydrogens (tertiary/aromatic N) is 4. The summed E-state index contributed by atoms with van der Waals surface area (Å²) in [6, 6.07) is 78.7. The molecule has 1 unspecified atom stereocenters. The summed E-state index contributed by atoms with van der Waals surface area (Å²) in [5.74, 6) is 0.945. The summed E-state index contributed by atoms with van der Waals surface area (Å²) in [4.78, 5) is 8.99. The molecule has 0 fully saturated rings. The van der Waals surface area contributed by atoms with Crippen LogP contribution in [-0.2, 0) is 0 Å². The zero-order valence-corrected chi connectivity index (χ0v) is 43.3. The van der Waals surface area contributed by atoms with Crippen LogP contribution in [0.15, 0.2) is 239 Å². The summed E-state index contributed by atoms with van der Waals surface area (Å²) in [6.45, 7) is 12.6. The number of fused-ring (bicyclic) bond motifs is 10. The number of hydrogen-bond acceptors (Lipinski definition) is 2. The molecule has 0 amide bonds. The molecule has 0 aliphatic rings.